The number of rotatable bonds is 8. The van der Waals surface area contributed by atoms with Crippen molar-refractivity contribution in [2.24, 2.45) is 4.99 Å². The van der Waals surface area contributed by atoms with Crippen LogP contribution in [0.3, 0.4) is 0 Å². The van der Waals surface area contributed by atoms with Crippen molar-refractivity contribution in [1.82, 2.24) is 9.80 Å². The van der Waals surface area contributed by atoms with Crippen molar-refractivity contribution in [3.8, 4) is 0 Å². The number of nitrogens with zero attached hydrogens (tertiary/aromatic N) is 3. The van der Waals surface area contributed by atoms with Crippen LogP contribution in [0, 0.1) is 5.82 Å². The molecule has 0 saturated carbocycles. The fourth-order valence-corrected chi connectivity index (χ4v) is 5.69. The monoisotopic (exact) mass is 554 g/mol. The van der Waals surface area contributed by atoms with Crippen LogP contribution in [0.5, 0.6) is 0 Å². The van der Waals surface area contributed by atoms with Crippen molar-refractivity contribution in [3.63, 3.8) is 0 Å². The highest BCUT2D eigenvalue weighted by Gasteiger charge is 2.23. The van der Waals surface area contributed by atoms with Crippen LogP contribution in [0.15, 0.2) is 76.6 Å². The van der Waals surface area contributed by atoms with Crippen molar-refractivity contribution >= 4 is 51.7 Å². The van der Waals surface area contributed by atoms with Crippen LogP contribution < -0.4 is 4.72 Å². The molecular formula is C28H28ClFN4O3S. The second-order valence-electron chi connectivity index (χ2n) is 8.85. The molecule has 0 unspecified atom stereocenters. The van der Waals surface area contributed by atoms with Gasteiger partial charge in [0.2, 0.25) is 0 Å². The first kappa shape index (κ1) is 27.5. The molecule has 1 fully saturated rings. The largest absolute Gasteiger partial charge is 0.336 e. The average molecular weight is 555 g/mol. The molecule has 3 aromatic carbocycles. The van der Waals surface area contributed by atoms with E-state index >= 15 is 0 Å². The van der Waals surface area contributed by atoms with Crippen LogP contribution >= 0.6 is 11.6 Å². The van der Waals surface area contributed by atoms with E-state index in [0.29, 0.717) is 49.5 Å². The third-order valence-electron chi connectivity index (χ3n) is 6.26. The number of aliphatic imine (C=N–C) groups is 1. The van der Waals surface area contributed by atoms with Gasteiger partial charge >= 0.3 is 0 Å². The summed E-state index contributed by atoms with van der Waals surface area (Å²) in [5, 5.41) is 0.0973. The Morgan fingerprint density at radius 1 is 1.11 bits per heavy atom. The molecule has 3 aromatic rings. The maximum Gasteiger partial charge on any atom is 0.264 e. The third-order valence-corrected chi connectivity index (χ3v) is 7.98. The van der Waals surface area contributed by atoms with E-state index < -0.39 is 15.8 Å². The van der Waals surface area contributed by atoms with E-state index in [4.69, 9.17) is 11.6 Å². The molecule has 0 atom stereocenters. The van der Waals surface area contributed by atoms with Crippen molar-refractivity contribution < 1.29 is 17.6 Å². The summed E-state index contributed by atoms with van der Waals surface area (Å²) in [6, 6.07) is 16.0. The highest BCUT2D eigenvalue weighted by Crippen LogP contribution is 2.30. The molecule has 0 aromatic heterocycles. The number of anilines is 1. The quantitative estimate of drug-likeness (QED) is 0.367. The number of carbonyl (C=O) groups excluding carboxylic acids is 1. The number of hydrogen-bond acceptors (Lipinski definition) is 5. The van der Waals surface area contributed by atoms with Gasteiger partial charge in [0, 0.05) is 49.5 Å². The van der Waals surface area contributed by atoms with Crippen molar-refractivity contribution in [1.29, 1.82) is 0 Å². The third kappa shape index (κ3) is 6.30. The maximum absolute atomic E-state index is 13.7. The molecule has 10 heteroatoms. The Bertz CT molecular complexity index is 1470. The van der Waals surface area contributed by atoms with E-state index in [0.717, 1.165) is 5.56 Å². The highest BCUT2D eigenvalue weighted by molar-refractivity contribution is 7.92. The molecule has 1 amide bonds. The summed E-state index contributed by atoms with van der Waals surface area (Å²) in [4.78, 5) is 20.9. The normalized spacial score (nSPS) is 14.6. The second-order valence-corrected chi connectivity index (χ2v) is 10.9. The van der Waals surface area contributed by atoms with Gasteiger partial charge in [0.05, 0.1) is 10.7 Å². The van der Waals surface area contributed by atoms with Crippen LogP contribution in [0.25, 0.3) is 6.08 Å². The molecule has 1 aliphatic heterocycles. The molecule has 0 spiro atoms. The first-order valence-electron chi connectivity index (χ1n) is 12.0. The number of para-hydroxylation sites is 1. The maximum atomic E-state index is 13.7. The smallest absolute Gasteiger partial charge is 0.264 e. The standard InChI is InChI=1S/C28H28ClFN4O3S/c1-3-5-21-6-4-7-26(27(21)31-2)38(36,37)32-23-11-9-22(10-12-23)28(35)34-16-14-33(15-17-34)19-20-8-13-24(29)25(30)18-20/h3-13,18,32H,2,14-17,19H2,1H3/b5-3-. The molecule has 1 saturated heterocycles. The van der Waals surface area contributed by atoms with Gasteiger partial charge in [0.1, 0.15) is 10.7 Å². The number of nitrogens with one attached hydrogen (secondary N) is 1. The minimum atomic E-state index is -3.94. The van der Waals surface area contributed by atoms with Crippen LogP contribution in [-0.4, -0.2) is 57.0 Å². The van der Waals surface area contributed by atoms with Crippen molar-refractivity contribution in [2.75, 3.05) is 30.9 Å². The molecule has 1 heterocycles. The SMILES string of the molecule is C=Nc1c(/C=C\C)cccc1S(=O)(=O)Nc1ccc(C(=O)N2CCN(Cc3ccc(Cl)c(F)c3)CC2)cc1. The predicted octanol–water partition coefficient (Wildman–Crippen LogP) is 5.60. The lowest BCUT2D eigenvalue weighted by atomic mass is 10.1. The van der Waals surface area contributed by atoms with Gasteiger partial charge in [-0.25, -0.2) is 12.8 Å². The van der Waals surface area contributed by atoms with Crippen LogP contribution in [0.1, 0.15) is 28.4 Å². The number of piperazine rings is 1. The fourth-order valence-electron chi connectivity index (χ4n) is 4.32. The fraction of sp³-hybridized carbons (Fsp3) is 0.214. The number of sulfonamides is 1. The van der Waals surface area contributed by atoms with Crippen LogP contribution in [0.2, 0.25) is 5.02 Å². The molecule has 38 heavy (non-hydrogen) atoms. The average Bonchev–Trinajstić information content (AvgIpc) is 2.91. The lowest BCUT2D eigenvalue weighted by Crippen LogP contribution is -2.48. The molecule has 0 bridgehead atoms. The van der Waals surface area contributed by atoms with Gasteiger partial charge in [-0.15, -0.1) is 0 Å². The zero-order valence-electron chi connectivity index (χ0n) is 20.9. The summed E-state index contributed by atoms with van der Waals surface area (Å²) in [6.07, 6.45) is 3.56. The Kier molecular flexibility index (Phi) is 8.61. The summed E-state index contributed by atoms with van der Waals surface area (Å²) in [7, 11) is -3.94. The molecule has 7 nitrogen and oxygen atoms in total. The lowest BCUT2D eigenvalue weighted by Gasteiger charge is -2.34. The summed E-state index contributed by atoms with van der Waals surface area (Å²) in [5.41, 5.74) is 2.53. The van der Waals surface area contributed by atoms with Gasteiger partial charge in [-0.2, -0.15) is 0 Å². The number of benzene rings is 3. The van der Waals surface area contributed by atoms with E-state index in [1.807, 2.05) is 6.92 Å². The Morgan fingerprint density at radius 2 is 1.82 bits per heavy atom. The Morgan fingerprint density at radius 3 is 2.45 bits per heavy atom. The first-order chi connectivity index (χ1) is 18.2. The number of halogens is 2. The molecule has 198 valence electrons. The molecule has 0 radical (unpaired) electrons. The van der Waals surface area contributed by atoms with E-state index in [-0.39, 0.29) is 21.5 Å². The predicted molar refractivity (Wildman–Crippen MR) is 150 cm³/mol. The minimum absolute atomic E-state index is 0.0162. The van der Waals surface area contributed by atoms with Gasteiger partial charge in [-0.1, -0.05) is 42.0 Å². The first-order valence-corrected chi connectivity index (χ1v) is 13.9. The molecule has 4 rings (SSSR count). The number of carbonyl (C=O) groups is 1. The molecule has 0 aliphatic carbocycles. The van der Waals surface area contributed by atoms with E-state index in [1.165, 1.54) is 12.1 Å². The summed E-state index contributed by atoms with van der Waals surface area (Å²) in [6.45, 7) is 8.30. The highest BCUT2D eigenvalue weighted by atomic mass is 35.5. The van der Waals surface area contributed by atoms with E-state index in [2.05, 4.69) is 21.3 Å². The second kappa shape index (κ2) is 11.9. The van der Waals surface area contributed by atoms with Crippen LogP contribution in [-0.2, 0) is 16.6 Å². The Balaban J connectivity index is 1.38. The number of hydrogen-bond donors (Lipinski definition) is 1. The van der Waals surface area contributed by atoms with Gasteiger partial charge in [-0.3, -0.25) is 19.4 Å². The van der Waals surface area contributed by atoms with Gasteiger partial charge < -0.3 is 4.90 Å². The van der Waals surface area contributed by atoms with Crippen LogP contribution in [0.4, 0.5) is 15.8 Å². The summed E-state index contributed by atoms with van der Waals surface area (Å²) < 4.78 is 42.4. The topological polar surface area (TPSA) is 82.1 Å². The van der Waals surface area contributed by atoms with Gasteiger partial charge in [-0.05, 0) is 61.7 Å². The number of amides is 1. The Hall–Kier alpha value is -3.53. The van der Waals surface area contributed by atoms with Crippen molar-refractivity contribution in [3.05, 3.63) is 94.3 Å². The minimum Gasteiger partial charge on any atom is -0.336 e. The van der Waals surface area contributed by atoms with Gasteiger partial charge in [0.15, 0.2) is 0 Å². The van der Waals surface area contributed by atoms with E-state index in [1.54, 1.807) is 65.6 Å². The van der Waals surface area contributed by atoms with Crippen molar-refractivity contribution in [2.45, 2.75) is 18.4 Å². The molecule has 1 aliphatic rings. The zero-order valence-corrected chi connectivity index (χ0v) is 22.5. The lowest BCUT2D eigenvalue weighted by molar-refractivity contribution is 0.0628. The zero-order chi connectivity index (χ0) is 27.3. The number of allylic oxidation sites excluding steroid dienone is 1. The Labute approximate surface area is 227 Å². The summed E-state index contributed by atoms with van der Waals surface area (Å²) in [5.74, 6) is -0.572. The van der Waals surface area contributed by atoms with E-state index in [9.17, 15) is 17.6 Å². The van der Waals surface area contributed by atoms with Gasteiger partial charge in [0.25, 0.3) is 15.9 Å². The summed E-state index contributed by atoms with van der Waals surface area (Å²) >= 11 is 5.76. The molecule has 1 N–H and O–H groups in total. The molecular weight excluding hydrogens is 527 g/mol.